The smallest absolute Gasteiger partial charge is 0.303 e. The average molecular weight is 258 g/mol. The number of carbonyl (C=O) groups excluding carboxylic acids is 1. The Morgan fingerprint density at radius 2 is 2.28 bits per heavy atom. The summed E-state index contributed by atoms with van der Waals surface area (Å²) in [4.78, 5) is 23.8. The van der Waals surface area contributed by atoms with E-state index >= 15 is 0 Å². The Bertz CT molecular complexity index is 277. The Balaban J connectivity index is 2.05. The predicted octanol–water partition coefficient (Wildman–Crippen LogP) is 0.0782. The third kappa shape index (κ3) is 6.56. The van der Waals surface area contributed by atoms with E-state index in [2.05, 4.69) is 5.32 Å². The highest BCUT2D eigenvalue weighted by Gasteiger charge is 2.16. The van der Waals surface area contributed by atoms with Crippen molar-refractivity contribution in [2.45, 2.75) is 31.8 Å². The van der Waals surface area contributed by atoms with Crippen molar-refractivity contribution in [3.63, 3.8) is 0 Å². The molecular weight excluding hydrogens is 236 g/mol. The first-order valence-corrected chi connectivity index (χ1v) is 6.36. The van der Waals surface area contributed by atoms with Crippen LogP contribution in [0.25, 0.3) is 0 Å². The zero-order valence-electron chi connectivity index (χ0n) is 10.9. The number of hydrogen-bond acceptors (Lipinski definition) is 4. The van der Waals surface area contributed by atoms with Gasteiger partial charge in [0, 0.05) is 19.6 Å². The van der Waals surface area contributed by atoms with E-state index in [0.717, 1.165) is 19.4 Å². The van der Waals surface area contributed by atoms with Crippen LogP contribution < -0.4 is 5.32 Å². The number of amides is 1. The molecule has 1 aliphatic rings. The molecule has 104 valence electrons. The molecule has 18 heavy (non-hydrogen) atoms. The average Bonchev–Trinajstić information content (AvgIpc) is 2.78. The van der Waals surface area contributed by atoms with Crippen LogP contribution in [0.5, 0.6) is 0 Å². The maximum atomic E-state index is 11.6. The van der Waals surface area contributed by atoms with Crippen molar-refractivity contribution < 1.29 is 19.4 Å². The van der Waals surface area contributed by atoms with Crippen molar-refractivity contribution in [1.29, 1.82) is 0 Å². The molecule has 1 heterocycles. The van der Waals surface area contributed by atoms with E-state index in [1.54, 1.807) is 0 Å². The van der Waals surface area contributed by atoms with Gasteiger partial charge in [-0.05, 0) is 32.9 Å². The summed E-state index contributed by atoms with van der Waals surface area (Å²) in [5.41, 5.74) is 0. The molecule has 0 aliphatic carbocycles. The van der Waals surface area contributed by atoms with Gasteiger partial charge in [-0.3, -0.25) is 14.5 Å². The lowest BCUT2D eigenvalue weighted by atomic mass is 10.2. The molecule has 0 aromatic carbocycles. The van der Waals surface area contributed by atoms with Crippen LogP contribution in [0, 0.1) is 0 Å². The highest BCUT2D eigenvalue weighted by molar-refractivity contribution is 5.78. The van der Waals surface area contributed by atoms with Crippen LogP contribution in [0.4, 0.5) is 0 Å². The van der Waals surface area contributed by atoms with E-state index in [1.807, 2.05) is 11.9 Å². The van der Waals surface area contributed by atoms with Gasteiger partial charge in [0.2, 0.25) is 5.91 Å². The van der Waals surface area contributed by atoms with Crippen molar-refractivity contribution in [2.75, 3.05) is 33.3 Å². The standard InChI is InChI=1S/C12H22N2O4/c1-14(6-2-5-12(16)17)9-11(15)13-8-10-4-3-7-18-10/h10H,2-9H2,1H3,(H,13,15)(H,16,17). The van der Waals surface area contributed by atoms with Gasteiger partial charge in [-0.15, -0.1) is 0 Å². The zero-order valence-corrected chi connectivity index (χ0v) is 10.9. The summed E-state index contributed by atoms with van der Waals surface area (Å²) < 4.78 is 5.41. The van der Waals surface area contributed by atoms with E-state index in [9.17, 15) is 9.59 Å². The van der Waals surface area contributed by atoms with Crippen molar-refractivity contribution in [3.8, 4) is 0 Å². The Kier molecular flexibility index (Phi) is 6.67. The van der Waals surface area contributed by atoms with Crippen LogP contribution in [0.1, 0.15) is 25.7 Å². The van der Waals surface area contributed by atoms with Gasteiger partial charge in [-0.25, -0.2) is 0 Å². The molecule has 1 amide bonds. The second kappa shape index (κ2) is 8.05. The predicted molar refractivity (Wildman–Crippen MR) is 66.4 cm³/mol. The van der Waals surface area contributed by atoms with Gasteiger partial charge in [-0.2, -0.15) is 0 Å². The number of likely N-dealkylation sites (N-methyl/N-ethyl adjacent to an activating group) is 1. The molecule has 0 radical (unpaired) electrons. The van der Waals surface area contributed by atoms with Crippen LogP contribution >= 0.6 is 0 Å². The molecule has 1 saturated heterocycles. The molecule has 0 bridgehead atoms. The minimum atomic E-state index is -0.800. The SMILES string of the molecule is CN(CCCC(=O)O)CC(=O)NCC1CCCO1. The first kappa shape index (κ1) is 14.9. The van der Waals surface area contributed by atoms with Gasteiger partial charge in [0.1, 0.15) is 0 Å². The van der Waals surface area contributed by atoms with Crippen LogP contribution in [0.3, 0.4) is 0 Å². The molecule has 0 aromatic rings. The number of hydrogen-bond donors (Lipinski definition) is 2. The lowest BCUT2D eigenvalue weighted by Crippen LogP contribution is -2.39. The summed E-state index contributed by atoms with van der Waals surface area (Å²) in [5, 5.41) is 11.3. The van der Waals surface area contributed by atoms with E-state index in [4.69, 9.17) is 9.84 Å². The van der Waals surface area contributed by atoms with Gasteiger partial charge in [0.25, 0.3) is 0 Å². The van der Waals surface area contributed by atoms with E-state index in [1.165, 1.54) is 0 Å². The minimum Gasteiger partial charge on any atom is -0.481 e. The molecule has 1 atom stereocenters. The molecular formula is C12H22N2O4. The molecule has 0 spiro atoms. The van der Waals surface area contributed by atoms with Crippen molar-refractivity contribution in [3.05, 3.63) is 0 Å². The van der Waals surface area contributed by atoms with Crippen molar-refractivity contribution in [1.82, 2.24) is 10.2 Å². The molecule has 0 aromatic heterocycles. The number of nitrogens with one attached hydrogen (secondary N) is 1. The Hall–Kier alpha value is -1.14. The zero-order chi connectivity index (χ0) is 13.4. The fourth-order valence-electron chi connectivity index (χ4n) is 1.91. The molecule has 6 heteroatoms. The Morgan fingerprint density at radius 3 is 2.89 bits per heavy atom. The summed E-state index contributed by atoms with van der Waals surface area (Å²) in [6.45, 7) is 2.27. The lowest BCUT2D eigenvalue weighted by Gasteiger charge is -2.16. The molecule has 6 nitrogen and oxygen atoms in total. The molecule has 1 fully saturated rings. The normalized spacial score (nSPS) is 19.1. The van der Waals surface area contributed by atoms with Crippen LogP contribution in [-0.2, 0) is 14.3 Å². The second-order valence-corrected chi connectivity index (χ2v) is 4.67. The van der Waals surface area contributed by atoms with E-state index in [-0.39, 0.29) is 18.4 Å². The summed E-state index contributed by atoms with van der Waals surface area (Å²) >= 11 is 0. The van der Waals surface area contributed by atoms with Crippen LogP contribution in [0.15, 0.2) is 0 Å². The van der Waals surface area contributed by atoms with Crippen LogP contribution in [-0.4, -0.2) is 61.3 Å². The number of aliphatic carboxylic acids is 1. The number of ether oxygens (including phenoxy) is 1. The highest BCUT2D eigenvalue weighted by atomic mass is 16.5. The van der Waals surface area contributed by atoms with E-state index < -0.39 is 5.97 Å². The first-order valence-electron chi connectivity index (χ1n) is 6.36. The second-order valence-electron chi connectivity index (χ2n) is 4.67. The van der Waals surface area contributed by atoms with Gasteiger partial charge in [0.15, 0.2) is 0 Å². The lowest BCUT2D eigenvalue weighted by molar-refractivity contribution is -0.137. The maximum Gasteiger partial charge on any atom is 0.303 e. The number of nitrogens with zero attached hydrogens (tertiary/aromatic N) is 1. The summed E-state index contributed by atoms with van der Waals surface area (Å²) in [6.07, 6.45) is 2.93. The third-order valence-electron chi connectivity index (χ3n) is 2.89. The third-order valence-corrected chi connectivity index (χ3v) is 2.89. The number of carbonyl (C=O) groups is 2. The van der Waals surface area contributed by atoms with Gasteiger partial charge in [-0.1, -0.05) is 0 Å². The fourth-order valence-corrected chi connectivity index (χ4v) is 1.91. The maximum absolute atomic E-state index is 11.6. The van der Waals surface area contributed by atoms with Gasteiger partial charge in [0.05, 0.1) is 12.6 Å². The topological polar surface area (TPSA) is 78.9 Å². The molecule has 1 rings (SSSR count). The molecule has 2 N–H and O–H groups in total. The summed E-state index contributed by atoms with van der Waals surface area (Å²) in [5.74, 6) is -0.838. The fraction of sp³-hybridized carbons (Fsp3) is 0.833. The molecule has 0 saturated carbocycles. The van der Waals surface area contributed by atoms with Crippen molar-refractivity contribution in [2.24, 2.45) is 0 Å². The van der Waals surface area contributed by atoms with Gasteiger partial charge >= 0.3 is 5.97 Å². The molecule has 1 unspecified atom stereocenters. The largest absolute Gasteiger partial charge is 0.481 e. The summed E-state index contributed by atoms with van der Waals surface area (Å²) in [6, 6.07) is 0. The Morgan fingerprint density at radius 1 is 1.50 bits per heavy atom. The van der Waals surface area contributed by atoms with E-state index in [0.29, 0.717) is 26.1 Å². The van der Waals surface area contributed by atoms with Gasteiger partial charge < -0.3 is 15.2 Å². The minimum absolute atomic E-state index is 0.0386. The highest BCUT2D eigenvalue weighted by Crippen LogP contribution is 2.10. The number of rotatable bonds is 8. The van der Waals surface area contributed by atoms with Crippen LogP contribution in [0.2, 0.25) is 0 Å². The Labute approximate surface area is 107 Å². The first-order chi connectivity index (χ1) is 8.58. The molecule has 1 aliphatic heterocycles. The summed E-state index contributed by atoms with van der Waals surface area (Å²) in [7, 11) is 1.81. The number of carboxylic acids is 1. The number of carboxylic acid groups (broad SMARTS) is 1. The monoisotopic (exact) mass is 258 g/mol. The van der Waals surface area contributed by atoms with Crippen molar-refractivity contribution >= 4 is 11.9 Å². The quantitative estimate of drug-likeness (QED) is 0.644.